The molecule has 7 heteroatoms. The minimum Gasteiger partial charge on any atom is -0.495 e. The first-order chi connectivity index (χ1) is 13.1. The lowest BCUT2D eigenvalue weighted by Crippen LogP contribution is -2.45. The zero-order chi connectivity index (χ0) is 21.1. The van der Waals surface area contributed by atoms with Crippen LogP contribution < -0.4 is 14.4 Å². The van der Waals surface area contributed by atoms with Gasteiger partial charge in [0.15, 0.2) is 0 Å². The molecule has 0 fully saturated rings. The molecule has 0 aromatic heterocycles. The molecule has 0 radical (unpaired) electrons. The number of amides is 1. The standard InChI is InChI=1S/C21H28N2O4S/c1-7-17-10-8-9-15(3)20(17)22-21(24)16(4)23(28(6,25)26)18-13-14(2)11-12-19(18)27-5/h8-13,16H,7H2,1-6H3,(H,22,24)/t16-/m1/s1. The number of sulfonamides is 1. The van der Waals surface area contributed by atoms with Crippen molar-refractivity contribution in [2.75, 3.05) is 23.0 Å². The van der Waals surface area contributed by atoms with E-state index in [1.165, 1.54) is 7.11 Å². The molecule has 0 aliphatic heterocycles. The van der Waals surface area contributed by atoms with Gasteiger partial charge in [-0.05, 0) is 56.0 Å². The molecule has 0 unspecified atom stereocenters. The van der Waals surface area contributed by atoms with E-state index in [2.05, 4.69) is 5.32 Å². The Bertz CT molecular complexity index is 970. The van der Waals surface area contributed by atoms with Crippen LogP contribution in [0.4, 0.5) is 11.4 Å². The highest BCUT2D eigenvalue weighted by Gasteiger charge is 2.31. The third-order valence-corrected chi connectivity index (χ3v) is 5.88. The van der Waals surface area contributed by atoms with Gasteiger partial charge in [-0.2, -0.15) is 0 Å². The fourth-order valence-corrected chi connectivity index (χ4v) is 4.35. The number of rotatable bonds is 7. The second kappa shape index (κ2) is 8.65. The highest BCUT2D eigenvalue weighted by Crippen LogP contribution is 2.33. The summed E-state index contributed by atoms with van der Waals surface area (Å²) in [5.74, 6) is -0.0150. The average Bonchev–Trinajstić information content (AvgIpc) is 2.62. The van der Waals surface area contributed by atoms with E-state index in [1.54, 1.807) is 19.1 Å². The quantitative estimate of drug-likeness (QED) is 0.764. The van der Waals surface area contributed by atoms with E-state index >= 15 is 0 Å². The first-order valence-corrected chi connectivity index (χ1v) is 11.0. The fourth-order valence-electron chi connectivity index (χ4n) is 3.18. The Kier molecular flexibility index (Phi) is 6.72. The first-order valence-electron chi connectivity index (χ1n) is 9.13. The van der Waals surface area contributed by atoms with Gasteiger partial charge in [0.25, 0.3) is 0 Å². The lowest BCUT2D eigenvalue weighted by Gasteiger charge is -2.30. The van der Waals surface area contributed by atoms with Gasteiger partial charge in [0, 0.05) is 5.69 Å². The first kappa shape index (κ1) is 21.8. The Labute approximate surface area is 167 Å². The Morgan fingerprint density at radius 3 is 2.46 bits per heavy atom. The van der Waals surface area contributed by atoms with Crippen molar-refractivity contribution in [1.29, 1.82) is 0 Å². The van der Waals surface area contributed by atoms with Gasteiger partial charge < -0.3 is 10.1 Å². The number of nitrogens with zero attached hydrogens (tertiary/aromatic N) is 1. The molecule has 0 bridgehead atoms. The van der Waals surface area contributed by atoms with Crippen LogP contribution in [0.5, 0.6) is 5.75 Å². The average molecular weight is 405 g/mol. The molecule has 2 aromatic carbocycles. The summed E-state index contributed by atoms with van der Waals surface area (Å²) in [7, 11) is -2.26. The Morgan fingerprint density at radius 1 is 1.21 bits per heavy atom. The van der Waals surface area contributed by atoms with Crippen LogP contribution in [-0.2, 0) is 21.2 Å². The Morgan fingerprint density at radius 2 is 1.89 bits per heavy atom. The molecule has 1 atom stereocenters. The smallest absolute Gasteiger partial charge is 0.248 e. The van der Waals surface area contributed by atoms with Crippen LogP contribution in [0.1, 0.15) is 30.5 Å². The third-order valence-electron chi connectivity index (χ3n) is 4.65. The summed E-state index contributed by atoms with van der Waals surface area (Å²) in [6, 6.07) is 10.1. The molecule has 0 spiro atoms. The number of para-hydroxylation sites is 1. The number of methoxy groups -OCH3 is 1. The van der Waals surface area contributed by atoms with Crippen molar-refractivity contribution in [1.82, 2.24) is 0 Å². The van der Waals surface area contributed by atoms with E-state index < -0.39 is 22.0 Å². The van der Waals surface area contributed by atoms with Crippen LogP contribution in [0.15, 0.2) is 36.4 Å². The largest absolute Gasteiger partial charge is 0.495 e. The number of benzene rings is 2. The highest BCUT2D eigenvalue weighted by atomic mass is 32.2. The predicted octanol–water partition coefficient (Wildman–Crippen LogP) is 3.67. The molecule has 0 aliphatic carbocycles. The van der Waals surface area contributed by atoms with E-state index in [1.807, 2.05) is 45.0 Å². The van der Waals surface area contributed by atoms with Crippen molar-refractivity contribution >= 4 is 27.3 Å². The van der Waals surface area contributed by atoms with Gasteiger partial charge in [-0.25, -0.2) is 8.42 Å². The van der Waals surface area contributed by atoms with E-state index in [0.717, 1.165) is 39.4 Å². The zero-order valence-corrected chi connectivity index (χ0v) is 18.1. The third kappa shape index (κ3) is 4.65. The molecule has 1 amide bonds. The summed E-state index contributed by atoms with van der Waals surface area (Å²) in [6.07, 6.45) is 1.84. The number of aryl methyl sites for hydroxylation is 3. The molecule has 28 heavy (non-hydrogen) atoms. The van der Waals surface area contributed by atoms with Gasteiger partial charge in [-0.15, -0.1) is 0 Å². The summed E-state index contributed by atoms with van der Waals surface area (Å²) in [4.78, 5) is 13.0. The number of ether oxygens (including phenoxy) is 1. The lowest BCUT2D eigenvalue weighted by molar-refractivity contribution is -0.116. The predicted molar refractivity (Wildman–Crippen MR) is 114 cm³/mol. The van der Waals surface area contributed by atoms with Crippen molar-refractivity contribution in [3.8, 4) is 5.75 Å². The van der Waals surface area contributed by atoms with Crippen molar-refractivity contribution in [2.24, 2.45) is 0 Å². The van der Waals surface area contributed by atoms with Gasteiger partial charge in [0.05, 0.1) is 19.1 Å². The molecule has 1 N–H and O–H groups in total. The molecular weight excluding hydrogens is 376 g/mol. The van der Waals surface area contributed by atoms with Crippen LogP contribution in [0.2, 0.25) is 0 Å². The maximum Gasteiger partial charge on any atom is 0.248 e. The Balaban J connectivity index is 2.47. The number of nitrogens with one attached hydrogen (secondary N) is 1. The topological polar surface area (TPSA) is 75.7 Å². The highest BCUT2D eigenvalue weighted by molar-refractivity contribution is 7.92. The number of hydrogen-bond acceptors (Lipinski definition) is 4. The van der Waals surface area contributed by atoms with Crippen LogP contribution in [0.25, 0.3) is 0 Å². The molecule has 2 aromatic rings. The Hall–Kier alpha value is -2.54. The number of anilines is 2. The molecule has 6 nitrogen and oxygen atoms in total. The molecule has 0 aliphatic rings. The van der Waals surface area contributed by atoms with Crippen molar-refractivity contribution in [3.05, 3.63) is 53.1 Å². The van der Waals surface area contributed by atoms with E-state index in [4.69, 9.17) is 4.74 Å². The molecule has 152 valence electrons. The fraction of sp³-hybridized carbons (Fsp3) is 0.381. The number of carbonyl (C=O) groups is 1. The second-order valence-electron chi connectivity index (χ2n) is 6.86. The second-order valence-corrected chi connectivity index (χ2v) is 8.72. The minimum absolute atomic E-state index is 0.341. The van der Waals surface area contributed by atoms with Gasteiger partial charge >= 0.3 is 0 Å². The maximum absolute atomic E-state index is 13.0. The van der Waals surface area contributed by atoms with Crippen LogP contribution in [0.3, 0.4) is 0 Å². The molecule has 0 saturated heterocycles. The molecule has 0 saturated carbocycles. The molecule has 0 heterocycles. The summed E-state index contributed by atoms with van der Waals surface area (Å²) < 4.78 is 31.6. The van der Waals surface area contributed by atoms with E-state index in [-0.39, 0.29) is 0 Å². The number of hydrogen-bond donors (Lipinski definition) is 1. The maximum atomic E-state index is 13.0. The van der Waals surface area contributed by atoms with E-state index in [9.17, 15) is 13.2 Å². The zero-order valence-electron chi connectivity index (χ0n) is 17.2. The van der Waals surface area contributed by atoms with Crippen LogP contribution in [-0.4, -0.2) is 33.7 Å². The summed E-state index contributed by atoms with van der Waals surface area (Å²) in [6.45, 7) is 7.35. The SMILES string of the molecule is CCc1cccc(C)c1NC(=O)[C@@H](C)N(c1cc(C)ccc1OC)S(C)(=O)=O. The van der Waals surface area contributed by atoms with Crippen molar-refractivity contribution < 1.29 is 17.9 Å². The summed E-state index contributed by atoms with van der Waals surface area (Å²) in [5, 5.41) is 2.92. The summed E-state index contributed by atoms with van der Waals surface area (Å²) in [5.41, 5.74) is 3.86. The number of carbonyl (C=O) groups excluding carboxylic acids is 1. The van der Waals surface area contributed by atoms with Crippen molar-refractivity contribution in [2.45, 2.75) is 40.2 Å². The van der Waals surface area contributed by atoms with Gasteiger partial charge in [-0.3, -0.25) is 9.10 Å². The van der Waals surface area contributed by atoms with E-state index in [0.29, 0.717) is 11.4 Å². The molecular formula is C21H28N2O4S. The minimum atomic E-state index is -3.74. The monoisotopic (exact) mass is 404 g/mol. The summed E-state index contributed by atoms with van der Waals surface area (Å²) >= 11 is 0. The van der Waals surface area contributed by atoms with Crippen LogP contribution in [0, 0.1) is 13.8 Å². The van der Waals surface area contributed by atoms with Gasteiger partial charge in [0.1, 0.15) is 11.8 Å². The van der Waals surface area contributed by atoms with Gasteiger partial charge in [-0.1, -0.05) is 31.2 Å². The van der Waals surface area contributed by atoms with Crippen LogP contribution >= 0.6 is 0 Å². The normalized spacial score (nSPS) is 12.4. The molecule has 2 rings (SSSR count). The van der Waals surface area contributed by atoms with Crippen molar-refractivity contribution in [3.63, 3.8) is 0 Å². The van der Waals surface area contributed by atoms with Gasteiger partial charge in [0.2, 0.25) is 15.9 Å². The lowest BCUT2D eigenvalue weighted by atomic mass is 10.1.